The summed E-state index contributed by atoms with van der Waals surface area (Å²) in [7, 11) is 3.29. The molecular formula is C12H14ClN3O3S2. The first-order valence-corrected chi connectivity index (χ1v) is 9.22. The first-order valence-electron chi connectivity index (χ1n) is 6.09. The van der Waals surface area contributed by atoms with E-state index >= 15 is 0 Å². The molecule has 0 spiro atoms. The lowest BCUT2D eigenvalue weighted by Gasteiger charge is -2.04. The molecule has 0 radical (unpaired) electrons. The van der Waals surface area contributed by atoms with Crippen molar-refractivity contribution in [1.29, 1.82) is 0 Å². The molecule has 0 aliphatic rings. The van der Waals surface area contributed by atoms with E-state index in [0.717, 1.165) is 21.9 Å². The topological polar surface area (TPSA) is 81.1 Å². The molecule has 2 aromatic heterocycles. The molecule has 0 aliphatic carbocycles. The number of nitrogens with one attached hydrogen (secondary N) is 1. The molecule has 9 heteroatoms. The highest BCUT2D eigenvalue weighted by Gasteiger charge is 2.14. The van der Waals surface area contributed by atoms with E-state index < -0.39 is 9.05 Å². The van der Waals surface area contributed by atoms with Crippen molar-refractivity contribution in [2.45, 2.75) is 17.6 Å². The number of hydrogen-bond acceptors (Lipinski definition) is 5. The van der Waals surface area contributed by atoms with Gasteiger partial charge in [0, 0.05) is 29.2 Å². The third-order valence-corrected chi connectivity index (χ3v) is 6.01. The summed E-state index contributed by atoms with van der Waals surface area (Å²) in [6, 6.07) is 4.87. The van der Waals surface area contributed by atoms with Gasteiger partial charge in [0.05, 0.1) is 5.69 Å². The molecule has 0 saturated carbocycles. The van der Waals surface area contributed by atoms with Crippen LogP contribution in [0.2, 0.25) is 0 Å². The van der Waals surface area contributed by atoms with Gasteiger partial charge in [-0.05, 0) is 31.5 Å². The minimum atomic E-state index is -3.68. The molecule has 0 aromatic carbocycles. The number of aryl methyl sites for hydroxylation is 2. The van der Waals surface area contributed by atoms with Crippen molar-refractivity contribution in [1.82, 2.24) is 15.1 Å². The van der Waals surface area contributed by atoms with Crippen LogP contribution in [-0.2, 0) is 22.5 Å². The van der Waals surface area contributed by atoms with Gasteiger partial charge in [-0.25, -0.2) is 8.42 Å². The lowest BCUT2D eigenvalue weighted by molar-refractivity contribution is 0.0945. The smallest absolute Gasteiger partial charge is 0.270 e. The van der Waals surface area contributed by atoms with Gasteiger partial charge in [0.15, 0.2) is 0 Å². The van der Waals surface area contributed by atoms with Gasteiger partial charge in [-0.1, -0.05) is 0 Å². The molecule has 0 atom stereocenters. The third-order valence-electron chi connectivity index (χ3n) is 2.77. The molecule has 6 nitrogen and oxygen atoms in total. The Bertz CT molecular complexity index is 765. The van der Waals surface area contributed by atoms with Gasteiger partial charge in [0.1, 0.15) is 9.90 Å². The molecule has 1 amide bonds. The van der Waals surface area contributed by atoms with Crippen LogP contribution < -0.4 is 5.32 Å². The average Bonchev–Trinajstić information content (AvgIpc) is 2.95. The monoisotopic (exact) mass is 347 g/mol. The average molecular weight is 348 g/mol. The van der Waals surface area contributed by atoms with Crippen molar-refractivity contribution >= 4 is 37.0 Å². The maximum Gasteiger partial charge on any atom is 0.270 e. The molecule has 2 aromatic rings. The summed E-state index contributed by atoms with van der Waals surface area (Å²) in [5.41, 5.74) is 1.26. The molecule has 1 N–H and O–H groups in total. The van der Waals surface area contributed by atoms with Crippen molar-refractivity contribution in [3.8, 4) is 0 Å². The van der Waals surface area contributed by atoms with Crippen LogP contribution in [0.1, 0.15) is 21.1 Å². The molecule has 0 bridgehead atoms. The molecule has 0 aliphatic heterocycles. The number of hydrogen-bond donors (Lipinski definition) is 1. The Kier molecular flexibility index (Phi) is 4.70. The molecule has 2 heterocycles. The number of thiophene rings is 1. The van der Waals surface area contributed by atoms with Crippen LogP contribution >= 0.6 is 22.0 Å². The predicted molar refractivity (Wildman–Crippen MR) is 81.3 cm³/mol. The largest absolute Gasteiger partial charge is 0.350 e. The second-order valence-corrected chi connectivity index (χ2v) is 8.42. The van der Waals surface area contributed by atoms with E-state index in [9.17, 15) is 13.2 Å². The summed E-state index contributed by atoms with van der Waals surface area (Å²) in [5, 5.41) is 6.88. The fraction of sp³-hybridized carbons (Fsp3) is 0.333. The summed E-state index contributed by atoms with van der Waals surface area (Å²) in [6.07, 6.45) is 0.541. The van der Waals surface area contributed by atoms with E-state index in [-0.39, 0.29) is 10.1 Å². The number of carbonyl (C=O) groups is 1. The first-order chi connectivity index (χ1) is 9.77. The maximum atomic E-state index is 11.9. The fourth-order valence-corrected chi connectivity index (χ4v) is 3.96. The van der Waals surface area contributed by atoms with E-state index in [0.29, 0.717) is 18.7 Å². The first kappa shape index (κ1) is 16.0. The highest BCUT2D eigenvalue weighted by molar-refractivity contribution is 8.15. The minimum absolute atomic E-state index is 0.118. The summed E-state index contributed by atoms with van der Waals surface area (Å²) in [4.78, 5) is 12.8. The van der Waals surface area contributed by atoms with Crippen LogP contribution in [0.15, 0.2) is 22.4 Å². The molecular weight excluding hydrogens is 334 g/mol. The fourth-order valence-electron chi connectivity index (χ4n) is 1.84. The minimum Gasteiger partial charge on any atom is -0.350 e. The zero-order chi connectivity index (χ0) is 15.6. The molecule has 0 fully saturated rings. The Morgan fingerprint density at radius 1 is 1.48 bits per heavy atom. The highest BCUT2D eigenvalue weighted by atomic mass is 35.7. The molecule has 114 valence electrons. The Morgan fingerprint density at radius 2 is 2.19 bits per heavy atom. The van der Waals surface area contributed by atoms with Gasteiger partial charge in [0.25, 0.3) is 15.0 Å². The van der Waals surface area contributed by atoms with Gasteiger partial charge in [-0.2, -0.15) is 5.10 Å². The van der Waals surface area contributed by atoms with Crippen LogP contribution in [0.5, 0.6) is 0 Å². The van der Waals surface area contributed by atoms with Gasteiger partial charge in [-0.3, -0.25) is 9.48 Å². The lowest BCUT2D eigenvalue weighted by Crippen LogP contribution is -2.27. The number of aromatic nitrogens is 2. The van der Waals surface area contributed by atoms with Crippen LogP contribution in [0, 0.1) is 6.92 Å². The molecule has 21 heavy (non-hydrogen) atoms. The Hall–Kier alpha value is -1.38. The molecule has 0 saturated heterocycles. The maximum absolute atomic E-state index is 11.9. The van der Waals surface area contributed by atoms with E-state index in [1.807, 2.05) is 6.92 Å². The van der Waals surface area contributed by atoms with Crippen molar-refractivity contribution in [3.63, 3.8) is 0 Å². The number of amides is 1. The molecule has 0 unspecified atom stereocenters. The van der Waals surface area contributed by atoms with Crippen molar-refractivity contribution in [2.24, 2.45) is 7.05 Å². The number of halogens is 1. The van der Waals surface area contributed by atoms with Gasteiger partial charge < -0.3 is 5.32 Å². The summed E-state index contributed by atoms with van der Waals surface area (Å²) in [5.74, 6) is -0.208. The zero-order valence-corrected chi connectivity index (χ0v) is 13.8. The Morgan fingerprint density at radius 3 is 2.71 bits per heavy atom. The van der Waals surface area contributed by atoms with Crippen LogP contribution in [0.25, 0.3) is 0 Å². The Balaban J connectivity index is 1.91. The number of nitrogens with zero attached hydrogens (tertiary/aromatic N) is 2. The summed E-state index contributed by atoms with van der Waals surface area (Å²) in [6.45, 7) is 2.22. The lowest BCUT2D eigenvalue weighted by atomic mass is 10.3. The second-order valence-electron chi connectivity index (χ2n) is 4.46. The SMILES string of the molecule is Cc1cc(C(=O)NCCc2ccc(S(=O)(=O)Cl)s2)n(C)n1. The normalized spacial score (nSPS) is 11.6. The Labute approximate surface area is 131 Å². The summed E-state index contributed by atoms with van der Waals surface area (Å²) < 4.78 is 23.9. The van der Waals surface area contributed by atoms with Gasteiger partial charge in [-0.15, -0.1) is 11.3 Å². The number of carbonyl (C=O) groups excluding carboxylic acids is 1. The van der Waals surface area contributed by atoms with E-state index in [1.165, 1.54) is 10.7 Å². The van der Waals surface area contributed by atoms with Crippen LogP contribution in [0.3, 0.4) is 0 Å². The third kappa shape index (κ3) is 4.05. The highest BCUT2D eigenvalue weighted by Crippen LogP contribution is 2.24. The van der Waals surface area contributed by atoms with Crippen LogP contribution in [-0.4, -0.2) is 30.7 Å². The van der Waals surface area contributed by atoms with E-state index in [1.54, 1.807) is 19.2 Å². The van der Waals surface area contributed by atoms with E-state index in [4.69, 9.17) is 10.7 Å². The summed E-state index contributed by atoms with van der Waals surface area (Å²) >= 11 is 1.11. The second kappa shape index (κ2) is 6.17. The van der Waals surface area contributed by atoms with Crippen molar-refractivity contribution in [3.05, 3.63) is 34.5 Å². The zero-order valence-electron chi connectivity index (χ0n) is 11.5. The van der Waals surface area contributed by atoms with Crippen LogP contribution in [0.4, 0.5) is 0 Å². The number of rotatable bonds is 5. The predicted octanol–water partition coefficient (Wildman–Crippen LogP) is 1.69. The quantitative estimate of drug-likeness (QED) is 0.834. The van der Waals surface area contributed by atoms with Gasteiger partial charge in [0.2, 0.25) is 0 Å². The van der Waals surface area contributed by atoms with Gasteiger partial charge >= 0.3 is 0 Å². The van der Waals surface area contributed by atoms with Crippen molar-refractivity contribution < 1.29 is 13.2 Å². The molecule has 2 rings (SSSR count). The van der Waals surface area contributed by atoms with E-state index in [2.05, 4.69) is 10.4 Å². The standard InChI is InChI=1S/C12H14ClN3O3S2/c1-8-7-10(16(2)15-8)12(17)14-6-5-9-3-4-11(20-9)21(13,18)19/h3-4,7H,5-6H2,1-2H3,(H,14,17). The van der Waals surface area contributed by atoms with Crippen molar-refractivity contribution in [2.75, 3.05) is 6.54 Å².